The molecule has 3 rings (SSSR count). The first kappa shape index (κ1) is 12.7. The van der Waals surface area contributed by atoms with Crippen LogP contribution in [0.1, 0.15) is 71.1 Å². The summed E-state index contributed by atoms with van der Waals surface area (Å²) in [5.41, 5.74) is 0.205. The van der Waals surface area contributed by atoms with E-state index >= 15 is 0 Å². The van der Waals surface area contributed by atoms with E-state index in [2.05, 4.69) is 6.92 Å². The molecule has 3 nitrogen and oxygen atoms in total. The van der Waals surface area contributed by atoms with Crippen LogP contribution in [0, 0.1) is 5.41 Å². The quantitative estimate of drug-likeness (QED) is 0.574. The lowest BCUT2D eigenvalue weighted by molar-refractivity contribution is -0.112. The molecule has 3 saturated carbocycles. The van der Waals surface area contributed by atoms with E-state index in [1.54, 1.807) is 0 Å². The maximum atomic E-state index is 10.7. The average molecular weight is 240 g/mol. The van der Waals surface area contributed by atoms with E-state index in [1.807, 2.05) is 0 Å². The molecule has 3 aliphatic carbocycles. The number of ether oxygens (including phenoxy) is 1. The highest BCUT2D eigenvalue weighted by atomic mass is 16.7. The number of rotatable bonds is 5. The fourth-order valence-electron chi connectivity index (χ4n) is 3.69. The summed E-state index contributed by atoms with van der Waals surface area (Å²) in [6.45, 7) is 2.24. The van der Waals surface area contributed by atoms with Crippen molar-refractivity contribution in [3.8, 4) is 0 Å². The molecule has 0 unspecified atom stereocenters. The Morgan fingerprint density at radius 3 is 2.18 bits per heavy atom. The van der Waals surface area contributed by atoms with Crippen LogP contribution >= 0.6 is 0 Å². The molecule has 0 spiro atoms. The number of hydrogen-bond acceptors (Lipinski definition) is 2. The van der Waals surface area contributed by atoms with Gasteiger partial charge >= 0.3 is 6.16 Å². The van der Waals surface area contributed by atoms with Gasteiger partial charge in [-0.1, -0.05) is 26.2 Å². The second-order valence-electron chi connectivity index (χ2n) is 6.01. The van der Waals surface area contributed by atoms with Crippen LogP contribution in [0.15, 0.2) is 0 Å². The molecule has 0 aliphatic heterocycles. The van der Waals surface area contributed by atoms with E-state index in [-0.39, 0.29) is 5.60 Å². The van der Waals surface area contributed by atoms with Crippen LogP contribution in [-0.2, 0) is 4.74 Å². The predicted molar refractivity (Wildman–Crippen MR) is 66.1 cm³/mol. The smallest absolute Gasteiger partial charge is 0.450 e. The summed E-state index contributed by atoms with van der Waals surface area (Å²) in [7, 11) is 0. The van der Waals surface area contributed by atoms with Crippen LogP contribution in [0.5, 0.6) is 0 Å². The Hall–Kier alpha value is -0.730. The van der Waals surface area contributed by atoms with Crippen molar-refractivity contribution in [1.29, 1.82) is 0 Å². The zero-order valence-corrected chi connectivity index (χ0v) is 10.8. The van der Waals surface area contributed by atoms with Crippen LogP contribution in [-0.4, -0.2) is 16.9 Å². The van der Waals surface area contributed by atoms with Gasteiger partial charge < -0.3 is 9.84 Å². The van der Waals surface area contributed by atoms with Crippen molar-refractivity contribution >= 4 is 6.16 Å². The molecule has 0 radical (unpaired) electrons. The van der Waals surface area contributed by atoms with Crippen LogP contribution in [0.3, 0.4) is 0 Å². The molecular weight excluding hydrogens is 216 g/mol. The van der Waals surface area contributed by atoms with Crippen molar-refractivity contribution in [2.24, 2.45) is 5.41 Å². The maximum Gasteiger partial charge on any atom is 0.506 e. The highest BCUT2D eigenvalue weighted by molar-refractivity contribution is 5.57. The minimum Gasteiger partial charge on any atom is -0.450 e. The van der Waals surface area contributed by atoms with Gasteiger partial charge in [-0.3, -0.25) is 0 Å². The molecule has 0 heterocycles. The lowest BCUT2D eigenvalue weighted by atomic mass is 9.57. The Kier molecular flexibility index (Phi) is 3.64. The topological polar surface area (TPSA) is 46.5 Å². The molecule has 0 atom stereocenters. The lowest BCUT2D eigenvalue weighted by Crippen LogP contribution is -2.48. The van der Waals surface area contributed by atoms with E-state index in [9.17, 15) is 4.79 Å². The van der Waals surface area contributed by atoms with Gasteiger partial charge in [0, 0.05) is 0 Å². The average Bonchev–Trinajstić information content (AvgIpc) is 2.31. The molecule has 0 aromatic rings. The summed E-state index contributed by atoms with van der Waals surface area (Å²) in [6.07, 6.45) is 10.6. The number of carboxylic acid groups (broad SMARTS) is 1. The molecule has 3 fully saturated rings. The summed E-state index contributed by atoms with van der Waals surface area (Å²) in [6, 6.07) is 0. The molecule has 17 heavy (non-hydrogen) atoms. The van der Waals surface area contributed by atoms with Crippen molar-refractivity contribution in [3.63, 3.8) is 0 Å². The van der Waals surface area contributed by atoms with Gasteiger partial charge in [-0.15, -0.1) is 0 Å². The Labute approximate surface area is 104 Å². The Morgan fingerprint density at radius 1 is 1.12 bits per heavy atom. The SMILES string of the molecule is CCCCCC12CCC(OC(=O)O)(CC1)CC2. The fourth-order valence-corrected chi connectivity index (χ4v) is 3.69. The monoisotopic (exact) mass is 240 g/mol. The highest BCUT2D eigenvalue weighted by Gasteiger charge is 2.50. The Balaban J connectivity index is 1.88. The molecule has 3 heteroatoms. The predicted octanol–water partition coefficient (Wildman–Crippen LogP) is 4.35. The minimum absolute atomic E-state index is 0.321. The summed E-state index contributed by atoms with van der Waals surface area (Å²) in [5.74, 6) is 0. The summed E-state index contributed by atoms with van der Waals surface area (Å²) < 4.78 is 5.15. The molecule has 3 aliphatic rings. The minimum atomic E-state index is -1.09. The first-order chi connectivity index (χ1) is 8.10. The van der Waals surface area contributed by atoms with Gasteiger partial charge in [0.15, 0.2) is 0 Å². The van der Waals surface area contributed by atoms with Crippen LogP contribution in [0.2, 0.25) is 0 Å². The van der Waals surface area contributed by atoms with Crippen LogP contribution < -0.4 is 0 Å². The maximum absolute atomic E-state index is 10.7. The van der Waals surface area contributed by atoms with E-state index in [4.69, 9.17) is 9.84 Å². The third kappa shape index (κ3) is 2.75. The van der Waals surface area contributed by atoms with Gasteiger partial charge in [0.1, 0.15) is 5.60 Å². The Morgan fingerprint density at radius 2 is 1.71 bits per heavy atom. The van der Waals surface area contributed by atoms with Gasteiger partial charge in [-0.05, 0) is 50.4 Å². The number of hydrogen-bond donors (Lipinski definition) is 1. The molecule has 1 N–H and O–H groups in total. The number of fused-ring (bicyclic) bond motifs is 3. The van der Waals surface area contributed by atoms with Gasteiger partial charge in [0.2, 0.25) is 0 Å². The van der Waals surface area contributed by atoms with Crippen molar-refractivity contribution in [2.45, 2.75) is 76.7 Å². The first-order valence-electron chi connectivity index (χ1n) is 7.02. The molecule has 0 saturated heterocycles. The molecule has 0 amide bonds. The van der Waals surface area contributed by atoms with Crippen LogP contribution in [0.25, 0.3) is 0 Å². The molecule has 2 bridgehead atoms. The Bertz CT molecular complexity index is 261. The van der Waals surface area contributed by atoms with Crippen molar-refractivity contribution < 1.29 is 14.6 Å². The fraction of sp³-hybridized carbons (Fsp3) is 0.929. The summed E-state index contributed by atoms with van der Waals surface area (Å²) in [4.78, 5) is 10.7. The second-order valence-corrected chi connectivity index (χ2v) is 6.01. The van der Waals surface area contributed by atoms with Crippen molar-refractivity contribution in [3.05, 3.63) is 0 Å². The van der Waals surface area contributed by atoms with Gasteiger partial charge in [-0.25, -0.2) is 4.79 Å². The number of unbranched alkanes of at least 4 members (excludes halogenated alkanes) is 2. The third-order valence-corrected chi connectivity index (χ3v) is 4.95. The normalized spacial score (nSPS) is 35.8. The van der Waals surface area contributed by atoms with Gasteiger partial charge in [-0.2, -0.15) is 0 Å². The second kappa shape index (κ2) is 4.87. The third-order valence-electron chi connectivity index (χ3n) is 4.95. The molecular formula is C14H24O3. The summed E-state index contributed by atoms with van der Waals surface area (Å²) in [5, 5.41) is 8.79. The van der Waals surface area contributed by atoms with Crippen LogP contribution in [0.4, 0.5) is 4.79 Å². The van der Waals surface area contributed by atoms with Gasteiger partial charge in [0.25, 0.3) is 0 Å². The highest BCUT2D eigenvalue weighted by Crippen LogP contribution is 2.56. The number of carbonyl (C=O) groups is 1. The van der Waals surface area contributed by atoms with Gasteiger partial charge in [0.05, 0.1) is 0 Å². The first-order valence-corrected chi connectivity index (χ1v) is 7.02. The van der Waals surface area contributed by atoms with Crippen molar-refractivity contribution in [1.82, 2.24) is 0 Å². The zero-order valence-electron chi connectivity index (χ0n) is 10.8. The molecule has 0 aromatic carbocycles. The molecule has 0 aromatic heterocycles. The largest absolute Gasteiger partial charge is 0.506 e. The van der Waals surface area contributed by atoms with E-state index in [1.165, 1.54) is 44.9 Å². The molecule has 98 valence electrons. The van der Waals surface area contributed by atoms with E-state index in [0.717, 1.165) is 19.3 Å². The standard InChI is InChI=1S/C14H24O3/c1-2-3-4-5-13-6-9-14(10-7-13,11-8-13)17-12(15)16/h2-11H2,1H3,(H,15,16). The summed E-state index contributed by atoms with van der Waals surface area (Å²) >= 11 is 0. The van der Waals surface area contributed by atoms with Crippen molar-refractivity contribution in [2.75, 3.05) is 0 Å². The van der Waals surface area contributed by atoms with E-state index in [0.29, 0.717) is 5.41 Å². The van der Waals surface area contributed by atoms with E-state index < -0.39 is 6.16 Å². The zero-order chi connectivity index (χ0) is 12.4. The lowest BCUT2D eigenvalue weighted by Gasteiger charge is -2.52.